The zero-order valence-corrected chi connectivity index (χ0v) is 13.5. The lowest BCUT2D eigenvalue weighted by Crippen LogP contribution is -2.40. The molecule has 1 N–H and O–H groups in total. The van der Waals surface area contributed by atoms with Crippen LogP contribution in [0.3, 0.4) is 0 Å². The molecular formula is C15H25N3O3. The standard InChI is InChI=1S/C15H25N3O3/c1-6-12(7-2)18-11(5)8-13(16-18)15(21)17(10(3)4)9-14(19)20/h8,10,12H,6-7,9H2,1-5H3,(H,19,20). The van der Waals surface area contributed by atoms with Crippen molar-refractivity contribution in [3.63, 3.8) is 0 Å². The number of hydrogen-bond acceptors (Lipinski definition) is 3. The van der Waals surface area contributed by atoms with Crippen LogP contribution in [0.25, 0.3) is 0 Å². The van der Waals surface area contributed by atoms with Crippen LogP contribution in [-0.4, -0.2) is 44.3 Å². The first kappa shape index (κ1) is 17.2. The van der Waals surface area contributed by atoms with Gasteiger partial charge >= 0.3 is 5.97 Å². The Balaban J connectivity index is 3.06. The lowest BCUT2D eigenvalue weighted by atomic mass is 10.2. The second-order valence-electron chi connectivity index (χ2n) is 5.51. The Morgan fingerprint density at radius 1 is 1.33 bits per heavy atom. The number of aryl methyl sites for hydroxylation is 1. The molecule has 0 aliphatic carbocycles. The van der Waals surface area contributed by atoms with Crippen molar-refractivity contribution in [2.45, 2.75) is 59.5 Å². The maximum absolute atomic E-state index is 12.5. The smallest absolute Gasteiger partial charge is 0.323 e. The van der Waals surface area contributed by atoms with Crippen molar-refractivity contribution in [1.82, 2.24) is 14.7 Å². The SMILES string of the molecule is CCC(CC)n1nc(C(=O)N(CC(=O)O)C(C)C)cc1C. The summed E-state index contributed by atoms with van der Waals surface area (Å²) in [5.41, 5.74) is 1.24. The first-order chi connectivity index (χ1) is 9.81. The van der Waals surface area contributed by atoms with Crippen LogP contribution in [0.4, 0.5) is 0 Å². The number of carboxylic acids is 1. The number of carbonyl (C=O) groups is 2. The maximum atomic E-state index is 12.5. The summed E-state index contributed by atoms with van der Waals surface area (Å²) in [6, 6.07) is 1.81. The topological polar surface area (TPSA) is 75.4 Å². The molecule has 0 aromatic carbocycles. The molecule has 0 bridgehead atoms. The predicted molar refractivity (Wildman–Crippen MR) is 80.4 cm³/mol. The molecule has 0 spiro atoms. The highest BCUT2D eigenvalue weighted by molar-refractivity contribution is 5.94. The number of rotatable bonds is 7. The molecule has 6 nitrogen and oxygen atoms in total. The fraction of sp³-hybridized carbons (Fsp3) is 0.667. The van der Waals surface area contributed by atoms with Crippen molar-refractivity contribution in [1.29, 1.82) is 0 Å². The summed E-state index contributed by atoms with van der Waals surface area (Å²) in [7, 11) is 0. The fourth-order valence-electron chi connectivity index (χ4n) is 2.38. The normalized spacial score (nSPS) is 11.2. The minimum atomic E-state index is -1.02. The van der Waals surface area contributed by atoms with Gasteiger partial charge in [-0.2, -0.15) is 5.10 Å². The van der Waals surface area contributed by atoms with Crippen LogP contribution in [-0.2, 0) is 4.79 Å². The van der Waals surface area contributed by atoms with Crippen LogP contribution in [0.15, 0.2) is 6.07 Å². The van der Waals surface area contributed by atoms with Gasteiger partial charge in [-0.05, 0) is 39.7 Å². The third kappa shape index (κ3) is 4.06. The Kier molecular flexibility index (Phi) is 5.93. The van der Waals surface area contributed by atoms with Crippen LogP contribution in [0.5, 0.6) is 0 Å². The van der Waals surface area contributed by atoms with Crippen molar-refractivity contribution in [3.8, 4) is 0 Å². The summed E-state index contributed by atoms with van der Waals surface area (Å²) in [6.07, 6.45) is 1.88. The number of aromatic nitrogens is 2. The second-order valence-corrected chi connectivity index (χ2v) is 5.51. The van der Waals surface area contributed by atoms with Gasteiger partial charge in [0, 0.05) is 11.7 Å². The number of carbonyl (C=O) groups excluding carboxylic acids is 1. The van der Waals surface area contributed by atoms with E-state index in [-0.39, 0.29) is 24.5 Å². The van der Waals surface area contributed by atoms with Gasteiger partial charge in [0.25, 0.3) is 5.91 Å². The largest absolute Gasteiger partial charge is 0.480 e. The van der Waals surface area contributed by atoms with Gasteiger partial charge in [-0.15, -0.1) is 0 Å². The molecule has 1 aromatic heterocycles. The zero-order valence-electron chi connectivity index (χ0n) is 13.5. The minimum Gasteiger partial charge on any atom is -0.480 e. The molecule has 0 aliphatic heterocycles. The lowest BCUT2D eigenvalue weighted by molar-refractivity contribution is -0.138. The summed E-state index contributed by atoms with van der Waals surface area (Å²) >= 11 is 0. The number of carboxylic acid groups (broad SMARTS) is 1. The van der Waals surface area contributed by atoms with Crippen LogP contribution >= 0.6 is 0 Å². The van der Waals surface area contributed by atoms with E-state index in [1.807, 2.05) is 11.6 Å². The first-order valence-corrected chi connectivity index (χ1v) is 7.40. The molecule has 1 rings (SSSR count). The molecule has 118 valence electrons. The van der Waals surface area contributed by atoms with E-state index in [0.717, 1.165) is 18.5 Å². The van der Waals surface area contributed by atoms with Gasteiger partial charge in [0.05, 0.1) is 6.04 Å². The maximum Gasteiger partial charge on any atom is 0.323 e. The predicted octanol–water partition coefficient (Wildman–Crippen LogP) is 2.49. The van der Waals surface area contributed by atoms with Gasteiger partial charge in [-0.25, -0.2) is 0 Å². The van der Waals surface area contributed by atoms with Crippen molar-refractivity contribution >= 4 is 11.9 Å². The Hall–Kier alpha value is -1.85. The minimum absolute atomic E-state index is 0.188. The number of hydrogen-bond donors (Lipinski definition) is 1. The zero-order chi connectivity index (χ0) is 16.2. The van der Waals surface area contributed by atoms with E-state index in [4.69, 9.17) is 5.11 Å². The molecule has 0 saturated heterocycles. The number of aliphatic carboxylic acids is 1. The summed E-state index contributed by atoms with van der Waals surface area (Å²) in [4.78, 5) is 24.7. The van der Waals surface area contributed by atoms with Crippen LogP contribution in [0.1, 0.15) is 62.8 Å². The molecule has 0 unspecified atom stereocenters. The summed E-state index contributed by atoms with van der Waals surface area (Å²) < 4.78 is 1.87. The molecule has 0 radical (unpaired) electrons. The van der Waals surface area contributed by atoms with Crippen molar-refractivity contribution in [2.24, 2.45) is 0 Å². The van der Waals surface area contributed by atoms with Crippen molar-refractivity contribution in [2.75, 3.05) is 6.54 Å². The number of amides is 1. The van der Waals surface area contributed by atoms with Gasteiger partial charge < -0.3 is 10.0 Å². The van der Waals surface area contributed by atoms with E-state index in [0.29, 0.717) is 5.69 Å². The molecule has 1 heterocycles. The second kappa shape index (κ2) is 7.24. The van der Waals surface area contributed by atoms with Crippen molar-refractivity contribution < 1.29 is 14.7 Å². The number of nitrogens with zero attached hydrogens (tertiary/aromatic N) is 3. The third-order valence-electron chi connectivity index (χ3n) is 3.62. The Morgan fingerprint density at radius 2 is 1.90 bits per heavy atom. The van der Waals surface area contributed by atoms with Crippen LogP contribution in [0, 0.1) is 6.92 Å². The quantitative estimate of drug-likeness (QED) is 0.838. The molecule has 0 atom stereocenters. The molecule has 21 heavy (non-hydrogen) atoms. The summed E-state index contributed by atoms with van der Waals surface area (Å²) in [5, 5.41) is 13.3. The van der Waals surface area contributed by atoms with Crippen molar-refractivity contribution in [3.05, 3.63) is 17.5 Å². The molecular weight excluding hydrogens is 270 g/mol. The third-order valence-corrected chi connectivity index (χ3v) is 3.62. The highest BCUT2D eigenvalue weighted by Gasteiger charge is 2.24. The molecule has 1 amide bonds. The van der Waals surface area contributed by atoms with E-state index in [2.05, 4.69) is 18.9 Å². The van der Waals surface area contributed by atoms with Gasteiger partial charge in [-0.3, -0.25) is 14.3 Å². The summed E-state index contributed by atoms with van der Waals surface area (Å²) in [6.45, 7) is 9.37. The Bertz CT molecular complexity index is 504. The van der Waals surface area contributed by atoms with E-state index >= 15 is 0 Å². The first-order valence-electron chi connectivity index (χ1n) is 7.40. The van der Waals surface area contributed by atoms with Crippen LogP contribution < -0.4 is 0 Å². The molecule has 0 fully saturated rings. The molecule has 6 heteroatoms. The summed E-state index contributed by atoms with van der Waals surface area (Å²) in [5.74, 6) is -1.35. The monoisotopic (exact) mass is 295 g/mol. The van der Waals surface area contributed by atoms with E-state index in [1.165, 1.54) is 4.90 Å². The van der Waals surface area contributed by atoms with Crippen LogP contribution in [0.2, 0.25) is 0 Å². The van der Waals surface area contributed by atoms with E-state index < -0.39 is 5.97 Å². The Labute approximate surface area is 125 Å². The molecule has 0 saturated carbocycles. The van der Waals surface area contributed by atoms with Gasteiger partial charge in [0.2, 0.25) is 0 Å². The van der Waals surface area contributed by atoms with Gasteiger partial charge in [-0.1, -0.05) is 13.8 Å². The fourth-order valence-corrected chi connectivity index (χ4v) is 2.38. The van der Waals surface area contributed by atoms with Gasteiger partial charge in [0.15, 0.2) is 5.69 Å². The molecule has 1 aromatic rings. The lowest BCUT2D eigenvalue weighted by Gasteiger charge is -2.23. The van der Waals surface area contributed by atoms with E-state index in [1.54, 1.807) is 19.9 Å². The molecule has 0 aliphatic rings. The van der Waals surface area contributed by atoms with E-state index in [9.17, 15) is 9.59 Å². The highest BCUT2D eigenvalue weighted by atomic mass is 16.4. The average molecular weight is 295 g/mol. The van der Waals surface area contributed by atoms with Gasteiger partial charge in [0.1, 0.15) is 6.54 Å². The Morgan fingerprint density at radius 3 is 2.33 bits per heavy atom. The highest BCUT2D eigenvalue weighted by Crippen LogP contribution is 2.19. The average Bonchev–Trinajstić information content (AvgIpc) is 2.79.